The lowest BCUT2D eigenvalue weighted by Gasteiger charge is -2.27. The first kappa shape index (κ1) is 13.5. The second kappa shape index (κ2) is 6.33. The largest absolute Gasteiger partial charge is 0.486 e. The number of benzene rings is 1. The summed E-state index contributed by atoms with van der Waals surface area (Å²) in [7, 11) is 0. The van der Waals surface area contributed by atoms with Gasteiger partial charge in [-0.15, -0.1) is 0 Å². The lowest BCUT2D eigenvalue weighted by atomic mass is 10.1. The summed E-state index contributed by atoms with van der Waals surface area (Å²) >= 11 is 0. The number of rotatable bonds is 4. The van der Waals surface area contributed by atoms with Crippen molar-refractivity contribution >= 4 is 5.69 Å². The van der Waals surface area contributed by atoms with E-state index in [1.807, 2.05) is 18.2 Å². The van der Waals surface area contributed by atoms with E-state index >= 15 is 0 Å². The molecule has 0 saturated carbocycles. The predicted molar refractivity (Wildman–Crippen MR) is 77.7 cm³/mol. The van der Waals surface area contributed by atoms with Crippen LogP contribution in [0, 0.1) is 0 Å². The molecule has 1 aromatic rings. The molecule has 1 aromatic carbocycles. The fourth-order valence-electron chi connectivity index (χ4n) is 2.67. The first-order valence-electron chi connectivity index (χ1n) is 7.28. The second-order valence-corrected chi connectivity index (χ2v) is 5.37. The second-order valence-electron chi connectivity index (χ2n) is 5.37. The number of hydrogen-bond acceptors (Lipinski definition) is 5. The number of ether oxygens (including phenoxy) is 3. The van der Waals surface area contributed by atoms with Crippen molar-refractivity contribution in [3.8, 4) is 11.5 Å². The first-order valence-corrected chi connectivity index (χ1v) is 7.28. The van der Waals surface area contributed by atoms with Gasteiger partial charge in [-0.05, 0) is 25.5 Å². The minimum atomic E-state index is 0.372. The summed E-state index contributed by atoms with van der Waals surface area (Å²) in [4.78, 5) is 0. The lowest BCUT2D eigenvalue weighted by Crippen LogP contribution is -2.43. The van der Waals surface area contributed by atoms with Crippen molar-refractivity contribution in [2.24, 2.45) is 0 Å². The molecule has 110 valence electrons. The lowest BCUT2D eigenvalue weighted by molar-refractivity contribution is 0.0731. The number of hydrogen-bond donors (Lipinski definition) is 2. The van der Waals surface area contributed by atoms with Gasteiger partial charge in [-0.1, -0.05) is 0 Å². The van der Waals surface area contributed by atoms with Gasteiger partial charge in [0.05, 0.1) is 13.2 Å². The van der Waals surface area contributed by atoms with Gasteiger partial charge in [0.1, 0.15) is 13.2 Å². The summed E-state index contributed by atoms with van der Waals surface area (Å²) in [5, 5.41) is 6.98. The van der Waals surface area contributed by atoms with Crippen LogP contribution in [0.25, 0.3) is 0 Å². The molecule has 2 atom stereocenters. The van der Waals surface area contributed by atoms with Crippen LogP contribution >= 0.6 is 0 Å². The van der Waals surface area contributed by atoms with Crippen molar-refractivity contribution in [3.63, 3.8) is 0 Å². The molecular weight excluding hydrogens is 256 g/mol. The topological polar surface area (TPSA) is 51.8 Å². The Hall–Kier alpha value is -1.46. The summed E-state index contributed by atoms with van der Waals surface area (Å²) in [5.74, 6) is 1.66. The Bertz CT molecular complexity index is 447. The highest BCUT2D eigenvalue weighted by atomic mass is 16.6. The van der Waals surface area contributed by atoms with Gasteiger partial charge in [0, 0.05) is 30.4 Å². The summed E-state index contributed by atoms with van der Waals surface area (Å²) in [6.07, 6.45) is 1.04. The molecule has 2 aliphatic heterocycles. The molecule has 5 nitrogen and oxygen atoms in total. The molecule has 5 heteroatoms. The highest BCUT2D eigenvalue weighted by molar-refractivity contribution is 5.55. The minimum Gasteiger partial charge on any atom is -0.486 e. The zero-order valence-corrected chi connectivity index (χ0v) is 11.9. The van der Waals surface area contributed by atoms with Gasteiger partial charge in [-0.3, -0.25) is 0 Å². The van der Waals surface area contributed by atoms with Crippen molar-refractivity contribution in [1.29, 1.82) is 0 Å². The van der Waals surface area contributed by atoms with Crippen LogP contribution < -0.4 is 20.1 Å². The molecule has 0 aliphatic carbocycles. The molecule has 2 aliphatic rings. The molecule has 0 bridgehead atoms. The molecule has 1 fully saturated rings. The average molecular weight is 278 g/mol. The first-order chi connectivity index (χ1) is 9.81. The fourth-order valence-corrected chi connectivity index (χ4v) is 2.67. The normalized spacial score (nSPS) is 23.1. The number of nitrogens with one attached hydrogen (secondary N) is 2. The Labute approximate surface area is 119 Å². The molecule has 20 heavy (non-hydrogen) atoms. The van der Waals surface area contributed by atoms with Gasteiger partial charge < -0.3 is 24.8 Å². The Morgan fingerprint density at radius 1 is 1.25 bits per heavy atom. The Balaban J connectivity index is 1.56. The Kier molecular flexibility index (Phi) is 4.28. The maximum absolute atomic E-state index is 5.60. The van der Waals surface area contributed by atoms with Gasteiger partial charge in [-0.25, -0.2) is 0 Å². The molecule has 3 rings (SSSR count). The summed E-state index contributed by atoms with van der Waals surface area (Å²) < 4.78 is 16.6. The van der Waals surface area contributed by atoms with Crippen molar-refractivity contribution in [1.82, 2.24) is 5.32 Å². The minimum absolute atomic E-state index is 0.372. The predicted octanol–water partition coefficient (Wildman–Crippen LogP) is 1.64. The molecule has 0 amide bonds. The maximum atomic E-state index is 5.60. The average Bonchev–Trinajstić information content (AvgIpc) is 2.48. The smallest absolute Gasteiger partial charge is 0.163 e. The van der Waals surface area contributed by atoms with Gasteiger partial charge in [-0.2, -0.15) is 0 Å². The van der Waals surface area contributed by atoms with Crippen LogP contribution in [0.3, 0.4) is 0 Å². The van der Waals surface area contributed by atoms with E-state index in [4.69, 9.17) is 14.2 Å². The third-order valence-corrected chi connectivity index (χ3v) is 3.59. The van der Waals surface area contributed by atoms with E-state index in [2.05, 4.69) is 17.6 Å². The Morgan fingerprint density at radius 3 is 2.90 bits per heavy atom. The van der Waals surface area contributed by atoms with E-state index in [-0.39, 0.29) is 0 Å². The molecular formula is C15H22N2O3. The van der Waals surface area contributed by atoms with Crippen molar-refractivity contribution in [2.45, 2.75) is 25.4 Å². The van der Waals surface area contributed by atoms with Crippen LogP contribution in [0.2, 0.25) is 0 Å². The third-order valence-electron chi connectivity index (χ3n) is 3.59. The molecule has 0 radical (unpaired) electrons. The molecule has 2 unspecified atom stereocenters. The van der Waals surface area contributed by atoms with Crippen LogP contribution in [-0.2, 0) is 4.74 Å². The van der Waals surface area contributed by atoms with Crippen LogP contribution in [0.5, 0.6) is 11.5 Å². The van der Waals surface area contributed by atoms with Crippen molar-refractivity contribution < 1.29 is 14.2 Å². The zero-order chi connectivity index (χ0) is 13.8. The van der Waals surface area contributed by atoms with E-state index in [9.17, 15) is 0 Å². The van der Waals surface area contributed by atoms with Crippen LogP contribution in [0.15, 0.2) is 18.2 Å². The zero-order valence-electron chi connectivity index (χ0n) is 11.9. The summed E-state index contributed by atoms with van der Waals surface area (Å²) in [5.41, 5.74) is 1.07. The van der Waals surface area contributed by atoms with Crippen LogP contribution in [0.1, 0.15) is 13.3 Å². The third kappa shape index (κ3) is 3.35. The van der Waals surface area contributed by atoms with E-state index in [1.165, 1.54) is 0 Å². The number of anilines is 1. The quantitative estimate of drug-likeness (QED) is 0.877. The SMILES string of the molecule is CC(CC1COCCN1)Nc1ccc2c(c1)OCCO2. The fraction of sp³-hybridized carbons (Fsp3) is 0.600. The molecule has 1 saturated heterocycles. The van der Waals surface area contributed by atoms with Crippen LogP contribution in [0.4, 0.5) is 5.69 Å². The molecule has 2 N–H and O–H groups in total. The maximum Gasteiger partial charge on any atom is 0.163 e. The van der Waals surface area contributed by atoms with Crippen molar-refractivity contribution in [3.05, 3.63) is 18.2 Å². The van der Waals surface area contributed by atoms with Gasteiger partial charge in [0.2, 0.25) is 0 Å². The molecule has 0 aromatic heterocycles. The standard InChI is InChI=1S/C15H22N2O3/c1-11(8-13-10-18-5-4-16-13)17-12-2-3-14-15(9-12)20-7-6-19-14/h2-3,9,11,13,16-17H,4-8,10H2,1H3. The number of fused-ring (bicyclic) bond motifs is 1. The monoisotopic (exact) mass is 278 g/mol. The highest BCUT2D eigenvalue weighted by Gasteiger charge is 2.17. The van der Waals surface area contributed by atoms with Gasteiger partial charge in [0.25, 0.3) is 0 Å². The van der Waals surface area contributed by atoms with Crippen molar-refractivity contribution in [2.75, 3.05) is 38.3 Å². The summed E-state index contributed by atoms with van der Waals surface area (Å²) in [6.45, 7) is 6.00. The van der Waals surface area contributed by atoms with E-state index < -0.39 is 0 Å². The number of morpholine rings is 1. The van der Waals surface area contributed by atoms with E-state index in [1.54, 1.807) is 0 Å². The Morgan fingerprint density at radius 2 is 2.10 bits per heavy atom. The van der Waals surface area contributed by atoms with E-state index in [0.29, 0.717) is 25.3 Å². The van der Waals surface area contributed by atoms with Crippen LogP contribution in [-0.4, -0.2) is 45.1 Å². The summed E-state index contributed by atoms with van der Waals surface area (Å²) in [6, 6.07) is 6.82. The highest BCUT2D eigenvalue weighted by Crippen LogP contribution is 2.32. The van der Waals surface area contributed by atoms with Gasteiger partial charge in [0.15, 0.2) is 11.5 Å². The molecule has 0 spiro atoms. The van der Waals surface area contributed by atoms with E-state index in [0.717, 1.165) is 43.4 Å². The van der Waals surface area contributed by atoms with Gasteiger partial charge >= 0.3 is 0 Å². The molecule has 2 heterocycles.